The van der Waals surface area contributed by atoms with Crippen molar-refractivity contribution in [1.82, 2.24) is 20.2 Å². The number of hydrogen-bond acceptors (Lipinski definition) is 6. The minimum Gasteiger partial charge on any atom is -0.449 e. The number of ether oxygens (including phenoxy) is 1. The van der Waals surface area contributed by atoms with Crippen molar-refractivity contribution in [1.29, 1.82) is 0 Å². The highest BCUT2D eigenvalue weighted by Gasteiger charge is 2.20. The number of anilines is 1. The van der Waals surface area contributed by atoms with Crippen LogP contribution in [0.15, 0.2) is 48.8 Å². The van der Waals surface area contributed by atoms with Crippen LogP contribution in [-0.2, 0) is 9.53 Å². The Kier molecular flexibility index (Phi) is 5.15. The Hall–Kier alpha value is -3.69. The van der Waals surface area contributed by atoms with Gasteiger partial charge in [-0.2, -0.15) is 0 Å². The minimum absolute atomic E-state index is 0.198. The predicted molar refractivity (Wildman–Crippen MR) is 89.0 cm³/mol. The Bertz CT molecular complexity index is 961. The molecule has 2 aromatic carbocycles. The molecule has 1 unspecified atom stereocenters. The lowest BCUT2D eigenvalue weighted by atomic mass is 10.2. The van der Waals surface area contributed by atoms with E-state index in [1.807, 2.05) is 0 Å². The molecule has 0 aliphatic carbocycles. The molecule has 1 heterocycles. The van der Waals surface area contributed by atoms with Gasteiger partial charge in [0.15, 0.2) is 6.10 Å². The number of tetrazole rings is 1. The predicted octanol–water partition coefficient (Wildman–Crippen LogP) is 2.12. The number of benzene rings is 2. The van der Waals surface area contributed by atoms with E-state index in [9.17, 15) is 18.4 Å². The van der Waals surface area contributed by atoms with Crippen molar-refractivity contribution in [2.75, 3.05) is 5.32 Å². The zero-order valence-electron chi connectivity index (χ0n) is 14.0. The average Bonchev–Trinajstić information content (AvgIpc) is 3.19. The van der Waals surface area contributed by atoms with Crippen LogP contribution in [-0.4, -0.2) is 38.2 Å². The Morgan fingerprint density at radius 2 is 1.89 bits per heavy atom. The summed E-state index contributed by atoms with van der Waals surface area (Å²) in [4.78, 5) is 24.2. The number of carbonyl (C=O) groups is 2. The maximum absolute atomic E-state index is 13.6. The maximum atomic E-state index is 13.6. The molecule has 0 bridgehead atoms. The quantitative estimate of drug-likeness (QED) is 0.688. The number of rotatable bonds is 5. The fourth-order valence-corrected chi connectivity index (χ4v) is 2.14. The van der Waals surface area contributed by atoms with Crippen LogP contribution in [0.3, 0.4) is 0 Å². The van der Waals surface area contributed by atoms with E-state index in [-0.39, 0.29) is 11.3 Å². The van der Waals surface area contributed by atoms with Crippen LogP contribution in [0.1, 0.15) is 17.3 Å². The van der Waals surface area contributed by atoms with E-state index < -0.39 is 29.6 Å². The van der Waals surface area contributed by atoms with E-state index in [4.69, 9.17) is 4.74 Å². The Morgan fingerprint density at radius 1 is 1.15 bits per heavy atom. The fraction of sp³-hybridized carbons (Fsp3) is 0.118. The molecule has 8 nitrogen and oxygen atoms in total. The molecule has 138 valence electrons. The van der Waals surface area contributed by atoms with Crippen molar-refractivity contribution < 1.29 is 23.1 Å². The van der Waals surface area contributed by atoms with Crippen LogP contribution in [0.25, 0.3) is 5.69 Å². The summed E-state index contributed by atoms with van der Waals surface area (Å²) in [7, 11) is 0. The zero-order chi connectivity index (χ0) is 19.4. The molecule has 0 spiro atoms. The average molecular weight is 373 g/mol. The number of nitrogens with zero attached hydrogens (tertiary/aromatic N) is 4. The number of amides is 1. The highest BCUT2D eigenvalue weighted by Crippen LogP contribution is 2.16. The van der Waals surface area contributed by atoms with Gasteiger partial charge in [0.1, 0.15) is 18.0 Å². The number of carbonyl (C=O) groups excluding carboxylic acids is 2. The summed E-state index contributed by atoms with van der Waals surface area (Å²) < 4.78 is 33.2. The van der Waals surface area contributed by atoms with E-state index >= 15 is 0 Å². The molecule has 0 aliphatic heterocycles. The number of hydrogen-bond donors (Lipinski definition) is 1. The van der Waals surface area contributed by atoms with Crippen LogP contribution in [0, 0.1) is 11.6 Å². The van der Waals surface area contributed by atoms with Crippen LogP contribution >= 0.6 is 0 Å². The van der Waals surface area contributed by atoms with Crippen LogP contribution in [0.4, 0.5) is 14.5 Å². The van der Waals surface area contributed by atoms with Gasteiger partial charge in [0, 0.05) is 6.07 Å². The van der Waals surface area contributed by atoms with Gasteiger partial charge in [0.2, 0.25) is 0 Å². The highest BCUT2D eigenvalue weighted by atomic mass is 19.1. The van der Waals surface area contributed by atoms with Gasteiger partial charge in [-0.1, -0.05) is 0 Å². The van der Waals surface area contributed by atoms with Gasteiger partial charge >= 0.3 is 5.97 Å². The standard InChI is InChI=1S/C17H13F2N5O3/c1-10(16(25)21-15-8-12(18)4-7-14(15)19)27-17(26)11-2-5-13(6-3-11)24-9-20-22-23-24/h2-10H,1H3,(H,21,25). The zero-order valence-corrected chi connectivity index (χ0v) is 14.0. The van der Waals surface area contributed by atoms with Gasteiger partial charge in [-0.05, 0) is 53.7 Å². The first kappa shape index (κ1) is 18.1. The summed E-state index contributed by atoms with van der Waals surface area (Å²) in [6.07, 6.45) is 0.171. The van der Waals surface area contributed by atoms with E-state index in [0.29, 0.717) is 5.69 Å². The second-order valence-electron chi connectivity index (χ2n) is 5.46. The molecule has 1 aromatic heterocycles. The Morgan fingerprint density at radius 3 is 2.56 bits per heavy atom. The molecule has 1 N–H and O–H groups in total. The van der Waals surface area contributed by atoms with Gasteiger partial charge in [-0.15, -0.1) is 5.10 Å². The summed E-state index contributed by atoms with van der Waals surface area (Å²) in [6, 6.07) is 8.80. The van der Waals surface area contributed by atoms with Crippen molar-refractivity contribution in [3.8, 4) is 5.69 Å². The summed E-state index contributed by atoms with van der Waals surface area (Å²) >= 11 is 0. The number of nitrogens with one attached hydrogen (secondary N) is 1. The van der Waals surface area contributed by atoms with E-state index in [1.54, 1.807) is 12.1 Å². The van der Waals surface area contributed by atoms with E-state index in [1.165, 1.54) is 30.1 Å². The fourth-order valence-electron chi connectivity index (χ4n) is 2.14. The van der Waals surface area contributed by atoms with E-state index in [2.05, 4.69) is 20.8 Å². The molecular formula is C17H13F2N5O3. The maximum Gasteiger partial charge on any atom is 0.338 e. The third-order valence-electron chi connectivity index (χ3n) is 3.56. The summed E-state index contributed by atoms with van der Waals surface area (Å²) in [5.41, 5.74) is 0.487. The molecule has 0 fully saturated rings. The molecule has 1 atom stereocenters. The van der Waals surface area contributed by atoms with Gasteiger partial charge in [-0.25, -0.2) is 18.3 Å². The summed E-state index contributed by atoms with van der Waals surface area (Å²) in [5, 5.41) is 12.9. The molecular weight excluding hydrogens is 360 g/mol. The number of aromatic nitrogens is 4. The van der Waals surface area contributed by atoms with Crippen molar-refractivity contribution in [3.63, 3.8) is 0 Å². The van der Waals surface area contributed by atoms with E-state index in [0.717, 1.165) is 18.2 Å². The lowest BCUT2D eigenvalue weighted by Gasteiger charge is -2.14. The molecule has 10 heteroatoms. The third-order valence-corrected chi connectivity index (χ3v) is 3.56. The SMILES string of the molecule is CC(OC(=O)c1ccc(-n2cnnn2)cc1)C(=O)Nc1cc(F)ccc1F. The lowest BCUT2D eigenvalue weighted by molar-refractivity contribution is -0.123. The lowest BCUT2D eigenvalue weighted by Crippen LogP contribution is -2.30. The van der Waals surface area contributed by atoms with Crippen molar-refractivity contribution in [2.24, 2.45) is 0 Å². The van der Waals surface area contributed by atoms with Crippen LogP contribution < -0.4 is 5.32 Å². The topological polar surface area (TPSA) is 99.0 Å². The minimum atomic E-state index is -1.22. The highest BCUT2D eigenvalue weighted by molar-refractivity contribution is 5.97. The Labute approximate surface area is 151 Å². The van der Waals surface area contributed by atoms with Gasteiger partial charge < -0.3 is 10.1 Å². The normalized spacial score (nSPS) is 11.7. The number of halogens is 2. The molecule has 1 amide bonds. The molecule has 0 saturated carbocycles. The first-order valence-corrected chi connectivity index (χ1v) is 7.74. The second-order valence-corrected chi connectivity index (χ2v) is 5.46. The molecule has 0 saturated heterocycles. The molecule has 3 rings (SSSR count). The second kappa shape index (κ2) is 7.68. The monoisotopic (exact) mass is 373 g/mol. The molecule has 0 radical (unpaired) electrons. The van der Waals surface area contributed by atoms with Crippen LogP contribution in [0.2, 0.25) is 0 Å². The first-order valence-electron chi connectivity index (χ1n) is 7.74. The van der Waals surface area contributed by atoms with Crippen LogP contribution in [0.5, 0.6) is 0 Å². The van der Waals surface area contributed by atoms with Gasteiger partial charge in [0.25, 0.3) is 5.91 Å². The largest absolute Gasteiger partial charge is 0.449 e. The molecule has 3 aromatic rings. The van der Waals surface area contributed by atoms with Crippen molar-refractivity contribution >= 4 is 17.6 Å². The third kappa shape index (κ3) is 4.29. The molecule has 0 aliphatic rings. The summed E-state index contributed by atoms with van der Waals surface area (Å²) in [5.74, 6) is -3.06. The van der Waals surface area contributed by atoms with Crippen molar-refractivity contribution in [2.45, 2.75) is 13.0 Å². The Balaban J connectivity index is 1.63. The number of esters is 1. The van der Waals surface area contributed by atoms with Gasteiger partial charge in [-0.3, -0.25) is 4.79 Å². The first-order chi connectivity index (χ1) is 12.9. The summed E-state index contributed by atoms with van der Waals surface area (Å²) in [6.45, 7) is 1.32. The molecule has 27 heavy (non-hydrogen) atoms. The van der Waals surface area contributed by atoms with Gasteiger partial charge in [0.05, 0.1) is 16.9 Å². The smallest absolute Gasteiger partial charge is 0.338 e. The van der Waals surface area contributed by atoms with Crippen molar-refractivity contribution in [3.05, 3.63) is 66.0 Å².